The molecule has 0 amide bonds. The quantitative estimate of drug-likeness (QED) is 0.705. The van der Waals surface area contributed by atoms with Gasteiger partial charge in [-0.1, -0.05) is 24.3 Å². The standard InChI is InChI=1S/C20H15FN4O3/c21-13-7-5-12(6-8-13)9-10-25-19(27)14(18(26)24-20(25)28)11-17-22-15-3-1-2-4-16(15)23-17/h1-8,11,27H,9-10H2,(H,24,26,28). The van der Waals surface area contributed by atoms with Gasteiger partial charge in [0.1, 0.15) is 11.4 Å². The maximum absolute atomic E-state index is 13.0. The molecule has 1 aliphatic heterocycles. The Hall–Kier alpha value is -3.81. The lowest BCUT2D eigenvalue weighted by Gasteiger charge is -2.10. The van der Waals surface area contributed by atoms with Crippen LogP contribution in [0.2, 0.25) is 0 Å². The molecule has 0 saturated heterocycles. The molecular weight excluding hydrogens is 363 g/mol. The van der Waals surface area contributed by atoms with Gasteiger partial charge in [0, 0.05) is 12.6 Å². The molecule has 0 saturated carbocycles. The maximum atomic E-state index is 13.0. The summed E-state index contributed by atoms with van der Waals surface area (Å²) in [5, 5.41) is 11.8. The number of hydrogen-bond donors (Lipinski definition) is 2. The van der Waals surface area contributed by atoms with Gasteiger partial charge in [0.2, 0.25) is 5.88 Å². The number of H-pyrrole nitrogens is 1. The van der Waals surface area contributed by atoms with Crippen LogP contribution in [0.1, 0.15) is 11.1 Å². The molecule has 0 radical (unpaired) electrons. The highest BCUT2D eigenvalue weighted by atomic mass is 19.1. The largest absolute Gasteiger partial charge is 0.494 e. The molecular formula is C20H15FN4O3. The Balaban J connectivity index is 1.69. The smallest absolute Gasteiger partial charge is 0.331 e. The fraction of sp³-hybridized carbons (Fsp3) is 0.100. The van der Waals surface area contributed by atoms with Crippen molar-refractivity contribution < 1.29 is 9.50 Å². The van der Waals surface area contributed by atoms with Crippen LogP contribution in [0, 0.1) is 5.82 Å². The molecule has 0 bridgehead atoms. The van der Waals surface area contributed by atoms with E-state index in [2.05, 4.69) is 15.0 Å². The van der Waals surface area contributed by atoms with Gasteiger partial charge in [0.25, 0.3) is 5.56 Å². The molecule has 0 unspecified atom stereocenters. The third-order valence-electron chi connectivity index (χ3n) is 4.37. The van der Waals surface area contributed by atoms with Gasteiger partial charge in [-0.2, -0.15) is 0 Å². The van der Waals surface area contributed by atoms with E-state index in [1.807, 2.05) is 12.1 Å². The van der Waals surface area contributed by atoms with Crippen LogP contribution in [0.5, 0.6) is 5.88 Å². The van der Waals surface area contributed by atoms with Crippen LogP contribution in [0.25, 0.3) is 6.08 Å². The summed E-state index contributed by atoms with van der Waals surface area (Å²) in [6.45, 7) is 0.109. The molecule has 8 heteroatoms. The first-order chi connectivity index (χ1) is 13.5. The predicted molar refractivity (Wildman–Crippen MR) is 99.8 cm³/mol. The Morgan fingerprint density at radius 2 is 1.68 bits per heavy atom. The van der Waals surface area contributed by atoms with E-state index >= 15 is 0 Å². The van der Waals surface area contributed by atoms with Gasteiger partial charge in [-0.25, -0.2) is 19.2 Å². The Bertz CT molecular complexity index is 1280. The Kier molecular flexibility index (Phi) is 4.44. The van der Waals surface area contributed by atoms with Gasteiger partial charge < -0.3 is 5.11 Å². The number of rotatable bonds is 4. The minimum atomic E-state index is -0.727. The highest BCUT2D eigenvalue weighted by Gasteiger charge is 2.14. The van der Waals surface area contributed by atoms with Gasteiger partial charge in [-0.3, -0.25) is 14.3 Å². The van der Waals surface area contributed by atoms with Gasteiger partial charge >= 0.3 is 5.69 Å². The number of halogens is 1. The monoisotopic (exact) mass is 378 g/mol. The van der Waals surface area contributed by atoms with Crippen molar-refractivity contribution in [1.29, 1.82) is 0 Å². The third kappa shape index (κ3) is 3.39. The minimum absolute atomic E-state index is 0.103. The predicted octanol–water partition coefficient (Wildman–Crippen LogP) is 0.875. The van der Waals surface area contributed by atoms with E-state index in [-0.39, 0.29) is 23.7 Å². The topological polar surface area (TPSA) is 99.8 Å². The number of benzene rings is 2. The van der Waals surface area contributed by atoms with Crippen LogP contribution in [0.3, 0.4) is 0 Å². The lowest BCUT2D eigenvalue weighted by molar-refractivity contribution is 0.399. The molecule has 28 heavy (non-hydrogen) atoms. The lowest BCUT2D eigenvalue weighted by Crippen LogP contribution is -2.31. The number of aryl methyl sites for hydroxylation is 1. The van der Waals surface area contributed by atoms with Crippen LogP contribution in [-0.2, 0) is 13.0 Å². The zero-order valence-corrected chi connectivity index (χ0v) is 14.6. The summed E-state index contributed by atoms with van der Waals surface area (Å²) in [6, 6.07) is 13.0. The van der Waals surface area contributed by atoms with Crippen molar-refractivity contribution >= 4 is 6.08 Å². The number of hydrogen-bond acceptors (Lipinski definition) is 5. The van der Waals surface area contributed by atoms with Crippen molar-refractivity contribution in [2.75, 3.05) is 0 Å². The molecule has 0 fully saturated rings. The SMILES string of the molecule is O=c1[nH]c(=O)n(CCc2ccc(F)cc2)c(O)c1C=C1N=c2ccccc2=N1. The minimum Gasteiger partial charge on any atom is -0.494 e. The molecule has 140 valence electrons. The Morgan fingerprint density at radius 1 is 1.04 bits per heavy atom. The third-order valence-corrected chi connectivity index (χ3v) is 4.37. The number of nitrogens with one attached hydrogen (secondary N) is 1. The van der Waals surface area contributed by atoms with Crippen molar-refractivity contribution in [3.05, 3.63) is 103 Å². The second kappa shape index (κ2) is 7.07. The summed E-state index contributed by atoms with van der Waals surface area (Å²) < 4.78 is 14.1. The van der Waals surface area contributed by atoms with Crippen molar-refractivity contribution in [2.45, 2.75) is 13.0 Å². The van der Waals surface area contributed by atoms with Crippen LogP contribution < -0.4 is 22.0 Å². The highest BCUT2D eigenvalue weighted by Crippen LogP contribution is 2.16. The van der Waals surface area contributed by atoms with Crippen molar-refractivity contribution in [1.82, 2.24) is 9.55 Å². The maximum Gasteiger partial charge on any atom is 0.331 e. The van der Waals surface area contributed by atoms with Gasteiger partial charge in [-0.05, 0) is 36.2 Å². The summed E-state index contributed by atoms with van der Waals surface area (Å²) in [5.41, 5.74) is -0.770. The second-order valence-electron chi connectivity index (χ2n) is 6.24. The van der Waals surface area contributed by atoms with E-state index in [0.29, 0.717) is 17.1 Å². The van der Waals surface area contributed by atoms with Gasteiger partial charge in [0.05, 0.1) is 10.7 Å². The van der Waals surface area contributed by atoms with Crippen LogP contribution in [0.4, 0.5) is 4.39 Å². The molecule has 0 spiro atoms. The summed E-state index contributed by atoms with van der Waals surface area (Å²) >= 11 is 0. The van der Waals surface area contributed by atoms with Gasteiger partial charge in [0.15, 0.2) is 5.82 Å². The van der Waals surface area contributed by atoms with Crippen molar-refractivity contribution in [3.8, 4) is 5.88 Å². The molecule has 2 heterocycles. The summed E-state index contributed by atoms with van der Waals surface area (Å²) in [5.74, 6) is -0.567. The zero-order valence-electron chi connectivity index (χ0n) is 14.6. The molecule has 2 N–H and O–H groups in total. The summed E-state index contributed by atoms with van der Waals surface area (Å²) in [4.78, 5) is 35.1. The fourth-order valence-electron chi connectivity index (χ4n) is 2.92. The fourth-order valence-corrected chi connectivity index (χ4v) is 2.92. The molecule has 1 aromatic heterocycles. The molecule has 1 aliphatic rings. The average Bonchev–Trinajstić information content (AvgIpc) is 3.09. The van der Waals surface area contributed by atoms with Crippen LogP contribution in [0.15, 0.2) is 73.9 Å². The number of aromatic nitrogens is 2. The molecule has 0 aliphatic carbocycles. The molecule has 7 nitrogen and oxygen atoms in total. The number of nitrogens with zero attached hydrogens (tertiary/aromatic N) is 3. The highest BCUT2D eigenvalue weighted by molar-refractivity contribution is 5.56. The van der Waals surface area contributed by atoms with E-state index in [1.54, 1.807) is 24.3 Å². The summed E-state index contributed by atoms with van der Waals surface area (Å²) in [6.07, 6.45) is 1.71. The Morgan fingerprint density at radius 3 is 2.32 bits per heavy atom. The van der Waals surface area contributed by atoms with Gasteiger partial charge in [-0.15, -0.1) is 0 Å². The lowest BCUT2D eigenvalue weighted by atomic mass is 10.1. The first-order valence-electron chi connectivity index (χ1n) is 8.56. The molecule has 4 rings (SSSR count). The molecule has 3 aromatic rings. The number of aromatic hydroxyl groups is 1. The van der Waals surface area contributed by atoms with Crippen molar-refractivity contribution in [3.63, 3.8) is 0 Å². The normalized spacial score (nSPS) is 12.2. The van der Waals surface area contributed by atoms with Crippen molar-refractivity contribution in [2.24, 2.45) is 9.98 Å². The van der Waals surface area contributed by atoms with E-state index in [0.717, 1.165) is 10.1 Å². The molecule has 0 atom stereocenters. The first kappa shape index (κ1) is 17.6. The molecule has 2 aromatic carbocycles. The number of aromatic amines is 1. The Labute approximate surface area is 157 Å². The van der Waals surface area contributed by atoms with E-state index in [4.69, 9.17) is 0 Å². The van der Waals surface area contributed by atoms with E-state index in [9.17, 15) is 19.1 Å². The number of para-hydroxylation sites is 2. The first-order valence-corrected chi connectivity index (χ1v) is 8.56. The van der Waals surface area contributed by atoms with Crippen LogP contribution in [-0.4, -0.2) is 14.7 Å². The zero-order chi connectivity index (χ0) is 19.7. The van der Waals surface area contributed by atoms with E-state index in [1.165, 1.54) is 18.2 Å². The van der Waals surface area contributed by atoms with E-state index < -0.39 is 17.1 Å². The summed E-state index contributed by atoms with van der Waals surface area (Å²) in [7, 11) is 0. The average molecular weight is 378 g/mol. The second-order valence-corrected chi connectivity index (χ2v) is 6.24. The van der Waals surface area contributed by atoms with Crippen LogP contribution >= 0.6 is 0 Å². The number of fused-ring (bicyclic) bond motifs is 1.